The zero-order valence-corrected chi connectivity index (χ0v) is 21.3. The van der Waals surface area contributed by atoms with Gasteiger partial charge >= 0.3 is 21.5 Å². The first-order valence-electron chi connectivity index (χ1n) is 11.2. The molecule has 37 heavy (non-hydrogen) atoms. The predicted octanol–water partition coefficient (Wildman–Crippen LogP) is 5.88. The third-order valence-corrected chi connectivity index (χ3v) is 7.14. The van der Waals surface area contributed by atoms with Crippen molar-refractivity contribution in [3.63, 3.8) is 0 Å². The Balaban J connectivity index is 1.86. The second kappa shape index (κ2) is 12.3. The summed E-state index contributed by atoms with van der Waals surface area (Å²) in [6, 6.07) is 4.02. The van der Waals surface area contributed by atoms with E-state index in [4.69, 9.17) is 4.74 Å². The first kappa shape index (κ1) is 28.2. The molecular formula is C22H25F3N6O4S2. The molecule has 1 aromatic carbocycles. The van der Waals surface area contributed by atoms with Crippen molar-refractivity contribution in [1.29, 1.82) is 0 Å². The molecule has 0 atom stereocenters. The number of carbonyl (C=O) groups is 1. The van der Waals surface area contributed by atoms with Crippen LogP contribution in [0.25, 0.3) is 0 Å². The lowest BCUT2D eigenvalue weighted by Crippen LogP contribution is -2.30. The van der Waals surface area contributed by atoms with Crippen LogP contribution in [0.5, 0.6) is 0 Å². The van der Waals surface area contributed by atoms with Crippen molar-refractivity contribution in [2.45, 2.75) is 43.7 Å². The number of esters is 1. The molecule has 0 radical (unpaired) electrons. The smallest absolute Gasteiger partial charge is 0.457 e. The van der Waals surface area contributed by atoms with E-state index in [-0.39, 0.29) is 21.9 Å². The van der Waals surface area contributed by atoms with Crippen LogP contribution in [0, 0.1) is 0 Å². The Morgan fingerprint density at radius 2 is 1.84 bits per heavy atom. The summed E-state index contributed by atoms with van der Waals surface area (Å²) in [5.74, 6) is -0.640. The minimum Gasteiger partial charge on any atom is -0.457 e. The summed E-state index contributed by atoms with van der Waals surface area (Å²) in [6.45, 7) is 7.92. The number of hydrogen-bond acceptors (Lipinski definition) is 10. The van der Waals surface area contributed by atoms with E-state index in [9.17, 15) is 26.4 Å². The Kier molecular flexibility index (Phi) is 9.37. The van der Waals surface area contributed by atoms with E-state index < -0.39 is 27.2 Å². The van der Waals surface area contributed by atoms with Gasteiger partial charge in [0.1, 0.15) is 11.8 Å². The third-order valence-electron chi connectivity index (χ3n) is 5.25. The molecule has 1 aliphatic carbocycles. The van der Waals surface area contributed by atoms with Crippen LogP contribution in [0.2, 0.25) is 0 Å². The second-order valence-corrected chi connectivity index (χ2v) is 10.6. The van der Waals surface area contributed by atoms with E-state index in [1.807, 2.05) is 0 Å². The van der Waals surface area contributed by atoms with E-state index in [0.717, 1.165) is 43.4 Å². The van der Waals surface area contributed by atoms with Crippen LogP contribution in [-0.4, -0.2) is 49.3 Å². The molecule has 1 fully saturated rings. The van der Waals surface area contributed by atoms with Crippen molar-refractivity contribution >= 4 is 49.5 Å². The molecule has 1 N–H and O–H groups in total. The van der Waals surface area contributed by atoms with E-state index in [1.54, 1.807) is 17.1 Å². The van der Waals surface area contributed by atoms with E-state index >= 15 is 0 Å². The maximum Gasteiger partial charge on any atom is 0.516 e. The van der Waals surface area contributed by atoms with Crippen LogP contribution < -0.4 is 9.62 Å². The number of halogens is 3. The fourth-order valence-corrected chi connectivity index (χ4v) is 4.63. The van der Waals surface area contributed by atoms with Crippen molar-refractivity contribution in [2.24, 2.45) is 10.2 Å². The zero-order valence-electron chi connectivity index (χ0n) is 19.6. The van der Waals surface area contributed by atoms with Crippen LogP contribution in [0.15, 0.2) is 53.7 Å². The highest BCUT2D eigenvalue weighted by molar-refractivity contribution is 7.93. The molecule has 0 saturated heterocycles. The minimum absolute atomic E-state index is 0.0441. The van der Waals surface area contributed by atoms with Crippen LogP contribution in [-0.2, 0) is 14.8 Å². The average molecular weight is 559 g/mol. The number of benzene rings is 1. The number of hydrogen-bond donors (Lipinski definition) is 1. The molecule has 2 aromatic rings. The Bertz CT molecular complexity index is 1250. The number of sulfonamides is 1. The molecule has 0 amide bonds. The summed E-state index contributed by atoms with van der Waals surface area (Å²) in [5, 5.41) is 15.1. The first-order valence-corrected chi connectivity index (χ1v) is 13.5. The van der Waals surface area contributed by atoms with Gasteiger partial charge in [0.05, 0.1) is 5.69 Å². The van der Waals surface area contributed by atoms with Crippen molar-refractivity contribution < 1.29 is 31.1 Å². The van der Waals surface area contributed by atoms with Gasteiger partial charge in [-0.2, -0.15) is 21.6 Å². The summed E-state index contributed by atoms with van der Waals surface area (Å²) in [4.78, 5) is 14.0. The second-order valence-electron chi connectivity index (χ2n) is 7.99. The molecule has 200 valence electrons. The zero-order chi connectivity index (χ0) is 27.1. The maximum absolute atomic E-state index is 13.0. The van der Waals surface area contributed by atoms with Gasteiger partial charge in [-0.1, -0.05) is 29.9 Å². The van der Waals surface area contributed by atoms with Crippen LogP contribution in [0.3, 0.4) is 0 Å². The monoisotopic (exact) mass is 558 g/mol. The van der Waals surface area contributed by atoms with Gasteiger partial charge in [0.25, 0.3) is 5.13 Å². The van der Waals surface area contributed by atoms with Gasteiger partial charge < -0.3 is 9.64 Å². The molecule has 1 heterocycles. The fourth-order valence-electron chi connectivity index (χ4n) is 3.51. The summed E-state index contributed by atoms with van der Waals surface area (Å²) < 4.78 is 69.7. The number of anilines is 2. The van der Waals surface area contributed by atoms with Gasteiger partial charge in [0.2, 0.25) is 5.01 Å². The molecule has 1 aliphatic rings. The van der Waals surface area contributed by atoms with Crippen molar-refractivity contribution in [1.82, 2.24) is 10.2 Å². The van der Waals surface area contributed by atoms with Gasteiger partial charge in [-0.15, -0.1) is 33.6 Å². The van der Waals surface area contributed by atoms with Crippen molar-refractivity contribution in [3.8, 4) is 0 Å². The first-order chi connectivity index (χ1) is 17.5. The van der Waals surface area contributed by atoms with Crippen LogP contribution >= 0.6 is 11.3 Å². The molecule has 1 aromatic heterocycles. The highest BCUT2D eigenvalue weighted by Crippen LogP contribution is 2.35. The maximum atomic E-state index is 13.0. The lowest BCUT2D eigenvalue weighted by atomic mass is 9.98. The fraction of sp³-hybridized carbons (Fsp3) is 0.409. The summed E-state index contributed by atoms with van der Waals surface area (Å²) in [5.41, 5.74) is -5.83. The number of rotatable bonds is 11. The molecule has 15 heteroatoms. The summed E-state index contributed by atoms with van der Waals surface area (Å²) >= 11 is 0.787. The van der Waals surface area contributed by atoms with Crippen LogP contribution in [0.1, 0.15) is 41.9 Å². The van der Waals surface area contributed by atoms with Gasteiger partial charge in [-0.25, -0.2) is 4.79 Å². The van der Waals surface area contributed by atoms with Gasteiger partial charge in [-0.05, 0) is 43.9 Å². The predicted molar refractivity (Wildman–Crippen MR) is 134 cm³/mol. The molecule has 3 rings (SSSR count). The van der Waals surface area contributed by atoms with Crippen molar-refractivity contribution in [2.75, 3.05) is 22.7 Å². The van der Waals surface area contributed by atoms with E-state index in [1.165, 1.54) is 22.9 Å². The number of aromatic nitrogens is 2. The highest BCUT2D eigenvalue weighted by atomic mass is 32.2. The molecule has 0 aliphatic heterocycles. The highest BCUT2D eigenvalue weighted by Gasteiger charge is 2.46. The Labute approximate surface area is 216 Å². The van der Waals surface area contributed by atoms with Gasteiger partial charge in [0, 0.05) is 18.8 Å². The summed E-state index contributed by atoms with van der Waals surface area (Å²) in [7, 11) is -5.74. The lowest BCUT2D eigenvalue weighted by molar-refractivity contribution is -0.0429. The minimum atomic E-state index is -5.74. The number of ether oxygens (including phenoxy) is 1. The standard InChI is InChI=1S/C22H25F3N6O4S2/c1-3-12-31(13-4-2)15-10-11-17(18(14-15)30-37(33,34)22(23,24)25)26-28-21-29-27-19(36-21)20(32)35-16-8-6-5-7-9-16/h3-4,10-11,14,16,30H,1-2,5-9,12-13H2. The molecular weight excluding hydrogens is 533 g/mol. The number of nitrogens with zero attached hydrogens (tertiary/aromatic N) is 5. The van der Waals surface area contributed by atoms with E-state index in [2.05, 4.69) is 33.6 Å². The van der Waals surface area contributed by atoms with Gasteiger partial charge in [-0.3, -0.25) is 4.72 Å². The van der Waals surface area contributed by atoms with Gasteiger partial charge in [0.15, 0.2) is 0 Å². The summed E-state index contributed by atoms with van der Waals surface area (Å²) in [6.07, 6.45) is 7.57. The quantitative estimate of drug-likeness (QED) is 0.207. The Morgan fingerprint density at radius 1 is 1.16 bits per heavy atom. The number of carbonyl (C=O) groups excluding carboxylic acids is 1. The SMILES string of the molecule is C=CCN(CC=C)c1ccc(N=Nc2nnc(C(=O)OC3CCCCC3)s2)c(NS(=O)(=O)C(F)(F)F)c1. The number of alkyl halides is 3. The lowest BCUT2D eigenvalue weighted by Gasteiger charge is -2.23. The molecule has 0 unspecified atom stereocenters. The molecule has 1 saturated carbocycles. The Morgan fingerprint density at radius 3 is 2.46 bits per heavy atom. The number of azo groups is 1. The molecule has 0 spiro atoms. The number of nitrogens with one attached hydrogen (secondary N) is 1. The van der Waals surface area contributed by atoms with Crippen LogP contribution in [0.4, 0.5) is 35.4 Å². The van der Waals surface area contributed by atoms with E-state index in [0.29, 0.717) is 18.8 Å². The van der Waals surface area contributed by atoms with Crippen molar-refractivity contribution in [3.05, 3.63) is 48.5 Å². The third kappa shape index (κ3) is 7.58. The topological polar surface area (TPSA) is 126 Å². The molecule has 10 nitrogen and oxygen atoms in total. The normalized spacial score (nSPS) is 14.9. The Hall–Kier alpha value is -3.33. The average Bonchev–Trinajstić information content (AvgIpc) is 3.32. The molecule has 0 bridgehead atoms. The largest absolute Gasteiger partial charge is 0.516 e.